The number of hydrogen-bond acceptors (Lipinski definition) is 4. The molecule has 3 aromatic rings. The monoisotopic (exact) mass is 364 g/mol. The predicted molar refractivity (Wildman–Crippen MR) is 103 cm³/mol. The summed E-state index contributed by atoms with van der Waals surface area (Å²) in [6, 6.07) is 19.6. The van der Waals surface area contributed by atoms with Gasteiger partial charge in [0, 0.05) is 23.1 Å². The van der Waals surface area contributed by atoms with Gasteiger partial charge in [-0.1, -0.05) is 48.5 Å². The van der Waals surface area contributed by atoms with Crippen LogP contribution in [0.4, 0.5) is 5.69 Å². The van der Waals surface area contributed by atoms with Crippen molar-refractivity contribution in [2.75, 3.05) is 0 Å². The fourth-order valence-corrected chi connectivity index (χ4v) is 3.33. The van der Waals surface area contributed by atoms with E-state index in [1.54, 1.807) is 29.5 Å². The van der Waals surface area contributed by atoms with E-state index in [1.165, 1.54) is 18.2 Å². The molecule has 0 unspecified atom stereocenters. The molecule has 130 valence electrons. The van der Waals surface area contributed by atoms with Gasteiger partial charge < -0.3 is 5.32 Å². The molecule has 1 amide bonds. The maximum absolute atomic E-state index is 12.4. The fraction of sp³-hybridized carbons (Fsp3) is 0.0500. The van der Waals surface area contributed by atoms with Crippen LogP contribution in [-0.4, -0.2) is 10.8 Å². The number of amides is 1. The Hall–Kier alpha value is -3.25. The van der Waals surface area contributed by atoms with Crippen LogP contribution in [0.25, 0.3) is 6.08 Å². The van der Waals surface area contributed by atoms with Crippen molar-refractivity contribution in [3.63, 3.8) is 0 Å². The van der Waals surface area contributed by atoms with Crippen LogP contribution in [0.5, 0.6) is 0 Å². The van der Waals surface area contributed by atoms with Gasteiger partial charge >= 0.3 is 0 Å². The number of hydrogen-bond donors (Lipinski definition) is 1. The van der Waals surface area contributed by atoms with Crippen molar-refractivity contribution in [3.05, 3.63) is 104 Å². The van der Waals surface area contributed by atoms with E-state index in [0.29, 0.717) is 5.56 Å². The third kappa shape index (κ3) is 4.43. The molecule has 0 saturated carbocycles. The van der Waals surface area contributed by atoms with Gasteiger partial charge in [0.15, 0.2) is 0 Å². The minimum Gasteiger partial charge on any atom is -0.341 e. The lowest BCUT2D eigenvalue weighted by molar-refractivity contribution is -0.384. The van der Waals surface area contributed by atoms with Gasteiger partial charge in [-0.05, 0) is 28.6 Å². The number of carbonyl (C=O) groups is 1. The van der Waals surface area contributed by atoms with Gasteiger partial charge in [0.1, 0.15) is 0 Å². The molecule has 2 aromatic carbocycles. The van der Waals surface area contributed by atoms with Crippen molar-refractivity contribution in [2.45, 2.75) is 6.04 Å². The lowest BCUT2D eigenvalue weighted by Gasteiger charge is -2.17. The third-order valence-corrected chi connectivity index (χ3v) is 4.69. The fourth-order valence-electron chi connectivity index (χ4n) is 2.52. The van der Waals surface area contributed by atoms with Gasteiger partial charge in [0.05, 0.1) is 11.0 Å². The van der Waals surface area contributed by atoms with Crippen molar-refractivity contribution in [1.82, 2.24) is 5.32 Å². The first-order valence-electron chi connectivity index (χ1n) is 7.95. The highest BCUT2D eigenvalue weighted by molar-refractivity contribution is 7.10. The summed E-state index contributed by atoms with van der Waals surface area (Å²) in [6.07, 6.45) is 2.96. The Morgan fingerprint density at radius 3 is 2.58 bits per heavy atom. The Morgan fingerprint density at radius 1 is 1.08 bits per heavy atom. The van der Waals surface area contributed by atoms with Gasteiger partial charge in [0.2, 0.25) is 5.91 Å². The molecule has 1 heterocycles. The number of thiophene rings is 1. The maximum Gasteiger partial charge on any atom is 0.270 e. The van der Waals surface area contributed by atoms with Crippen LogP contribution >= 0.6 is 11.3 Å². The molecule has 6 heteroatoms. The van der Waals surface area contributed by atoms with Crippen LogP contribution in [0.2, 0.25) is 0 Å². The molecule has 0 aliphatic rings. The van der Waals surface area contributed by atoms with E-state index in [4.69, 9.17) is 0 Å². The molecule has 0 radical (unpaired) electrons. The Kier molecular flexibility index (Phi) is 5.56. The smallest absolute Gasteiger partial charge is 0.270 e. The predicted octanol–water partition coefficient (Wildman–Crippen LogP) is 4.58. The summed E-state index contributed by atoms with van der Waals surface area (Å²) in [5.41, 5.74) is 1.59. The molecule has 0 spiro atoms. The second-order valence-electron chi connectivity index (χ2n) is 5.55. The van der Waals surface area contributed by atoms with E-state index < -0.39 is 4.92 Å². The SMILES string of the molecule is O=C(/C=C/c1cccc([N+](=O)[O-])c1)N[C@H](c1ccccc1)c1cccs1. The van der Waals surface area contributed by atoms with Crippen LogP contribution in [0.1, 0.15) is 22.0 Å². The van der Waals surface area contributed by atoms with Gasteiger partial charge in [-0.3, -0.25) is 14.9 Å². The zero-order chi connectivity index (χ0) is 18.4. The number of nitro groups is 1. The van der Waals surface area contributed by atoms with E-state index in [9.17, 15) is 14.9 Å². The molecule has 5 nitrogen and oxygen atoms in total. The number of nitro benzene ring substituents is 1. The molecular weight excluding hydrogens is 348 g/mol. The van der Waals surface area contributed by atoms with Gasteiger partial charge in [-0.25, -0.2) is 0 Å². The number of non-ortho nitro benzene ring substituents is 1. The molecular formula is C20H16N2O3S. The molecule has 1 aromatic heterocycles. The molecule has 0 saturated heterocycles. The zero-order valence-electron chi connectivity index (χ0n) is 13.7. The van der Waals surface area contributed by atoms with E-state index in [2.05, 4.69) is 5.32 Å². The van der Waals surface area contributed by atoms with Crippen molar-refractivity contribution in [1.29, 1.82) is 0 Å². The first kappa shape index (κ1) is 17.6. The van der Waals surface area contributed by atoms with Crippen molar-refractivity contribution < 1.29 is 9.72 Å². The highest BCUT2D eigenvalue weighted by atomic mass is 32.1. The average Bonchev–Trinajstić information content (AvgIpc) is 3.20. The Balaban J connectivity index is 1.76. The largest absolute Gasteiger partial charge is 0.341 e. The first-order valence-corrected chi connectivity index (χ1v) is 8.83. The van der Waals surface area contributed by atoms with Gasteiger partial charge in [-0.2, -0.15) is 0 Å². The highest BCUT2D eigenvalue weighted by Gasteiger charge is 2.16. The van der Waals surface area contributed by atoms with Crippen LogP contribution in [0, 0.1) is 10.1 Å². The first-order chi connectivity index (χ1) is 12.6. The molecule has 0 fully saturated rings. The molecule has 3 rings (SSSR count). The quantitative estimate of drug-likeness (QED) is 0.395. The van der Waals surface area contributed by atoms with Gasteiger partial charge in [0.25, 0.3) is 5.69 Å². The Bertz CT molecular complexity index is 921. The summed E-state index contributed by atoms with van der Waals surface area (Å²) in [4.78, 5) is 23.8. The molecule has 1 N–H and O–H groups in total. The van der Waals surface area contributed by atoms with Gasteiger partial charge in [-0.15, -0.1) is 11.3 Å². The summed E-state index contributed by atoms with van der Waals surface area (Å²) < 4.78 is 0. The van der Waals surface area contributed by atoms with E-state index >= 15 is 0 Å². The molecule has 0 aliphatic carbocycles. The zero-order valence-corrected chi connectivity index (χ0v) is 14.6. The lowest BCUT2D eigenvalue weighted by Crippen LogP contribution is -2.27. The Morgan fingerprint density at radius 2 is 1.88 bits per heavy atom. The molecule has 0 aliphatic heterocycles. The molecule has 26 heavy (non-hydrogen) atoms. The lowest BCUT2D eigenvalue weighted by atomic mass is 10.1. The van der Waals surface area contributed by atoms with E-state index in [-0.39, 0.29) is 17.6 Å². The van der Waals surface area contributed by atoms with Crippen molar-refractivity contribution in [3.8, 4) is 0 Å². The number of carbonyl (C=O) groups excluding carboxylic acids is 1. The second kappa shape index (κ2) is 8.22. The number of benzene rings is 2. The topological polar surface area (TPSA) is 72.2 Å². The second-order valence-corrected chi connectivity index (χ2v) is 6.53. The summed E-state index contributed by atoms with van der Waals surface area (Å²) in [5, 5.41) is 15.8. The number of nitrogens with zero attached hydrogens (tertiary/aromatic N) is 1. The van der Waals surface area contributed by atoms with E-state index in [0.717, 1.165) is 10.4 Å². The van der Waals surface area contributed by atoms with Crippen molar-refractivity contribution in [2.24, 2.45) is 0 Å². The standard InChI is InChI=1S/C20H16N2O3S/c23-19(12-11-15-6-4-9-17(14-15)22(24)25)21-20(18-10-5-13-26-18)16-7-2-1-3-8-16/h1-14,20H,(H,21,23)/b12-11+/t20-/m1/s1. The minimum atomic E-state index is -0.459. The average molecular weight is 364 g/mol. The third-order valence-electron chi connectivity index (χ3n) is 3.76. The Labute approximate surface area is 154 Å². The van der Waals surface area contributed by atoms with Crippen LogP contribution in [-0.2, 0) is 4.79 Å². The van der Waals surface area contributed by atoms with Crippen LogP contribution in [0.15, 0.2) is 78.2 Å². The number of nitrogens with one attached hydrogen (secondary N) is 1. The normalized spacial score (nSPS) is 12.0. The summed E-state index contributed by atoms with van der Waals surface area (Å²) in [7, 11) is 0. The summed E-state index contributed by atoms with van der Waals surface area (Å²) in [5.74, 6) is -0.265. The summed E-state index contributed by atoms with van der Waals surface area (Å²) >= 11 is 1.57. The van der Waals surface area contributed by atoms with Crippen LogP contribution in [0.3, 0.4) is 0 Å². The number of rotatable bonds is 6. The maximum atomic E-state index is 12.4. The van der Waals surface area contributed by atoms with E-state index in [1.807, 2.05) is 47.8 Å². The molecule has 0 bridgehead atoms. The van der Waals surface area contributed by atoms with Crippen molar-refractivity contribution >= 4 is 29.0 Å². The van der Waals surface area contributed by atoms with Crippen LogP contribution < -0.4 is 5.32 Å². The minimum absolute atomic E-state index is 0.00620. The highest BCUT2D eigenvalue weighted by Crippen LogP contribution is 2.26. The molecule has 1 atom stereocenters. The summed E-state index contributed by atoms with van der Waals surface area (Å²) in [6.45, 7) is 0.